The van der Waals surface area contributed by atoms with Crippen LogP contribution in [0.25, 0.3) is 0 Å². The highest BCUT2D eigenvalue weighted by molar-refractivity contribution is 5.79. The van der Waals surface area contributed by atoms with Gasteiger partial charge in [0.1, 0.15) is 0 Å². The Kier molecular flexibility index (Phi) is 6.46. The van der Waals surface area contributed by atoms with E-state index in [1.807, 2.05) is 24.4 Å². The Morgan fingerprint density at radius 3 is 2.52 bits per heavy atom. The quantitative estimate of drug-likeness (QED) is 0.683. The van der Waals surface area contributed by atoms with Gasteiger partial charge in [0.15, 0.2) is 0 Å². The summed E-state index contributed by atoms with van der Waals surface area (Å²) in [6, 6.07) is 0.0244. The number of hydrogen-bond donors (Lipinski definition) is 2. The summed E-state index contributed by atoms with van der Waals surface area (Å²) >= 11 is 0. The summed E-state index contributed by atoms with van der Waals surface area (Å²) in [6.07, 6.45) is 7.01. The molecule has 0 spiro atoms. The molecule has 29 heavy (non-hydrogen) atoms. The maximum absolute atomic E-state index is 13.5. The summed E-state index contributed by atoms with van der Waals surface area (Å²) < 4.78 is 26.9. The largest absolute Gasteiger partial charge is 0.337 e. The van der Waals surface area contributed by atoms with Crippen LogP contribution in [0.5, 0.6) is 0 Å². The molecule has 0 aromatic heterocycles. The van der Waals surface area contributed by atoms with Crippen LogP contribution in [0.2, 0.25) is 0 Å². The zero-order valence-electron chi connectivity index (χ0n) is 18.0. The Bertz CT molecular complexity index is 659. The smallest absolute Gasteiger partial charge is 0.248 e. The van der Waals surface area contributed by atoms with Gasteiger partial charge >= 0.3 is 0 Å². The van der Waals surface area contributed by atoms with Crippen molar-refractivity contribution in [1.82, 2.24) is 20.7 Å². The molecule has 1 saturated carbocycles. The van der Waals surface area contributed by atoms with E-state index in [1.165, 1.54) is 0 Å². The average molecular weight is 412 g/mol. The van der Waals surface area contributed by atoms with Crippen LogP contribution in [0.15, 0.2) is 17.3 Å². The van der Waals surface area contributed by atoms with Gasteiger partial charge in [0, 0.05) is 62.3 Å². The van der Waals surface area contributed by atoms with Gasteiger partial charge in [-0.05, 0) is 40.2 Å². The zero-order valence-corrected chi connectivity index (χ0v) is 18.0. The number of nitrogens with zero attached hydrogens (tertiary/aromatic N) is 3. The van der Waals surface area contributed by atoms with Crippen LogP contribution in [0.4, 0.5) is 8.78 Å². The normalized spacial score (nSPS) is 32.9. The van der Waals surface area contributed by atoms with Crippen molar-refractivity contribution in [3.8, 4) is 0 Å². The molecule has 3 aliphatic rings. The van der Waals surface area contributed by atoms with Gasteiger partial charge < -0.3 is 4.90 Å². The fourth-order valence-corrected chi connectivity index (χ4v) is 4.98. The molecule has 1 aliphatic carbocycles. The van der Waals surface area contributed by atoms with E-state index in [0.29, 0.717) is 25.9 Å². The first-order chi connectivity index (χ1) is 13.6. The van der Waals surface area contributed by atoms with Crippen molar-refractivity contribution in [3.63, 3.8) is 0 Å². The number of aliphatic imine (C=N–C) groups is 1. The van der Waals surface area contributed by atoms with Crippen molar-refractivity contribution in [3.05, 3.63) is 12.3 Å². The first kappa shape index (κ1) is 22.3. The van der Waals surface area contributed by atoms with Gasteiger partial charge in [-0.1, -0.05) is 13.0 Å². The Hall–Kier alpha value is -1.38. The number of piperazine rings is 1. The van der Waals surface area contributed by atoms with E-state index in [4.69, 9.17) is 0 Å². The minimum absolute atomic E-state index is 0.0244. The first-order valence-corrected chi connectivity index (χ1v) is 10.7. The molecule has 3 atom stereocenters. The molecule has 2 N–H and O–H groups in total. The fraction of sp³-hybridized carbons (Fsp3) is 0.810. The van der Waals surface area contributed by atoms with Crippen LogP contribution in [0.1, 0.15) is 52.9 Å². The van der Waals surface area contributed by atoms with Crippen LogP contribution in [-0.4, -0.2) is 66.2 Å². The SMILES string of the molecule is CNNC(C)(N1CCN(C(=O)C2CCC(F)(F)CC2)C(C)C1)C1(C)C=NC=CC1. The highest BCUT2D eigenvalue weighted by Crippen LogP contribution is 2.40. The van der Waals surface area contributed by atoms with E-state index in [-0.39, 0.29) is 36.1 Å². The molecule has 8 heteroatoms. The minimum atomic E-state index is -2.60. The molecular weight excluding hydrogens is 376 g/mol. The molecule has 1 saturated heterocycles. The van der Waals surface area contributed by atoms with Gasteiger partial charge in [-0.15, -0.1) is 0 Å². The molecule has 0 radical (unpaired) electrons. The number of carbonyl (C=O) groups excluding carboxylic acids is 1. The first-order valence-electron chi connectivity index (χ1n) is 10.7. The summed E-state index contributed by atoms with van der Waals surface area (Å²) in [5, 5.41) is 0. The highest BCUT2D eigenvalue weighted by Gasteiger charge is 2.50. The molecule has 1 amide bonds. The number of rotatable bonds is 5. The van der Waals surface area contributed by atoms with E-state index >= 15 is 0 Å². The lowest BCUT2D eigenvalue weighted by molar-refractivity contribution is -0.147. The number of halogens is 2. The maximum Gasteiger partial charge on any atom is 0.248 e. The number of hydrogen-bond acceptors (Lipinski definition) is 5. The van der Waals surface area contributed by atoms with Crippen LogP contribution >= 0.6 is 0 Å². The molecular formula is C21H35F2N5O. The van der Waals surface area contributed by atoms with Crippen molar-refractivity contribution in [2.24, 2.45) is 16.3 Å². The van der Waals surface area contributed by atoms with Crippen LogP contribution < -0.4 is 10.9 Å². The van der Waals surface area contributed by atoms with Crippen LogP contribution in [0.3, 0.4) is 0 Å². The summed E-state index contributed by atoms with van der Waals surface area (Å²) in [5.41, 5.74) is 5.93. The third-order valence-corrected chi connectivity index (χ3v) is 7.18. The van der Waals surface area contributed by atoms with Crippen molar-refractivity contribution in [2.45, 2.75) is 70.5 Å². The van der Waals surface area contributed by atoms with E-state index in [0.717, 1.165) is 13.0 Å². The molecule has 164 valence electrons. The summed E-state index contributed by atoms with van der Waals surface area (Å²) in [5.74, 6) is -2.82. The second-order valence-electron chi connectivity index (χ2n) is 9.19. The standard InChI is InChI=1S/C21H35F2N5O/c1-16-14-27(20(3,26-24-4)19(2)8-5-11-25-15-19)12-13-28(16)18(29)17-6-9-21(22,23)10-7-17/h5,11,15-17,24,26H,6-10,12-14H2,1-4H3. The Balaban J connectivity index is 1.69. The lowest BCUT2D eigenvalue weighted by Crippen LogP contribution is -2.73. The zero-order chi connectivity index (χ0) is 21.3. The molecule has 0 aromatic rings. The fourth-order valence-electron chi connectivity index (χ4n) is 4.98. The van der Waals surface area contributed by atoms with Crippen molar-refractivity contribution in [1.29, 1.82) is 0 Å². The van der Waals surface area contributed by atoms with Crippen LogP contribution in [0, 0.1) is 11.3 Å². The second-order valence-corrected chi connectivity index (χ2v) is 9.19. The molecule has 3 rings (SSSR count). The van der Waals surface area contributed by atoms with Gasteiger partial charge in [0.05, 0.1) is 5.66 Å². The van der Waals surface area contributed by atoms with Gasteiger partial charge in [0.2, 0.25) is 11.8 Å². The Labute approximate surface area is 172 Å². The van der Waals surface area contributed by atoms with Gasteiger partial charge in [-0.25, -0.2) is 14.2 Å². The van der Waals surface area contributed by atoms with E-state index in [2.05, 4.69) is 47.6 Å². The number of alkyl halides is 2. The summed E-state index contributed by atoms with van der Waals surface area (Å²) in [7, 11) is 1.86. The van der Waals surface area contributed by atoms with E-state index in [9.17, 15) is 13.6 Å². The van der Waals surface area contributed by atoms with E-state index < -0.39 is 11.6 Å². The summed E-state index contributed by atoms with van der Waals surface area (Å²) in [6.45, 7) is 8.45. The predicted molar refractivity (Wildman–Crippen MR) is 111 cm³/mol. The Morgan fingerprint density at radius 2 is 1.97 bits per heavy atom. The maximum atomic E-state index is 13.5. The number of hydrazine groups is 1. The molecule has 2 fully saturated rings. The third-order valence-electron chi connectivity index (χ3n) is 7.18. The topological polar surface area (TPSA) is 60.0 Å². The molecule has 2 heterocycles. The lowest BCUT2D eigenvalue weighted by atomic mass is 9.74. The number of nitrogens with one attached hydrogen (secondary N) is 2. The Morgan fingerprint density at radius 1 is 1.28 bits per heavy atom. The predicted octanol–water partition coefficient (Wildman–Crippen LogP) is 2.78. The molecule has 0 bridgehead atoms. The van der Waals surface area contributed by atoms with Gasteiger partial charge in [-0.2, -0.15) is 0 Å². The van der Waals surface area contributed by atoms with Crippen molar-refractivity contribution < 1.29 is 13.6 Å². The van der Waals surface area contributed by atoms with Crippen LogP contribution in [-0.2, 0) is 4.79 Å². The van der Waals surface area contributed by atoms with Crippen molar-refractivity contribution in [2.75, 3.05) is 26.7 Å². The second kappa shape index (κ2) is 8.40. The molecule has 6 nitrogen and oxygen atoms in total. The molecule has 2 aliphatic heterocycles. The number of carbonyl (C=O) groups is 1. The van der Waals surface area contributed by atoms with Gasteiger partial charge in [-0.3, -0.25) is 20.1 Å². The minimum Gasteiger partial charge on any atom is -0.337 e. The third kappa shape index (κ3) is 4.39. The molecule has 0 aromatic carbocycles. The molecule has 3 unspecified atom stereocenters. The average Bonchev–Trinajstić information content (AvgIpc) is 2.68. The monoisotopic (exact) mass is 411 g/mol. The highest BCUT2D eigenvalue weighted by atomic mass is 19.3. The summed E-state index contributed by atoms with van der Waals surface area (Å²) in [4.78, 5) is 21.7. The number of amides is 1. The van der Waals surface area contributed by atoms with Crippen molar-refractivity contribution >= 4 is 12.1 Å². The van der Waals surface area contributed by atoms with Gasteiger partial charge in [0.25, 0.3) is 0 Å². The number of allylic oxidation sites excluding steroid dienone is 1. The van der Waals surface area contributed by atoms with E-state index in [1.54, 1.807) is 0 Å². The lowest BCUT2D eigenvalue weighted by Gasteiger charge is -2.55.